The summed E-state index contributed by atoms with van der Waals surface area (Å²) in [6, 6.07) is 6.99. The first kappa shape index (κ1) is 11.8. The van der Waals surface area contributed by atoms with Crippen LogP contribution in [0.25, 0.3) is 11.1 Å². The zero-order valence-corrected chi connectivity index (χ0v) is 9.74. The van der Waals surface area contributed by atoms with Crippen molar-refractivity contribution in [1.82, 2.24) is 9.97 Å². The normalized spacial score (nSPS) is 10.1. The van der Waals surface area contributed by atoms with E-state index in [1.165, 1.54) is 7.05 Å². The van der Waals surface area contributed by atoms with Gasteiger partial charge >= 0.3 is 6.09 Å². The van der Waals surface area contributed by atoms with Crippen molar-refractivity contribution in [2.24, 2.45) is 0 Å². The quantitative estimate of drug-likeness (QED) is 0.840. The van der Waals surface area contributed by atoms with Gasteiger partial charge in [-0.15, -0.1) is 0 Å². The molecule has 0 bridgehead atoms. The van der Waals surface area contributed by atoms with Gasteiger partial charge in [0, 0.05) is 19.4 Å². The van der Waals surface area contributed by atoms with E-state index in [0.717, 1.165) is 16.0 Å². The van der Waals surface area contributed by atoms with E-state index >= 15 is 0 Å². The minimum Gasteiger partial charge on any atom is -0.465 e. The highest BCUT2D eigenvalue weighted by atomic mass is 16.4. The maximum Gasteiger partial charge on any atom is 0.412 e. The molecule has 3 N–H and O–H groups in total. The van der Waals surface area contributed by atoms with Gasteiger partial charge in [0.2, 0.25) is 0 Å². The highest BCUT2D eigenvalue weighted by Gasteiger charge is 2.10. The summed E-state index contributed by atoms with van der Waals surface area (Å²) in [6.07, 6.45) is 2.10. The number of hydrogen-bond donors (Lipinski definition) is 2. The molecule has 0 radical (unpaired) electrons. The van der Waals surface area contributed by atoms with Crippen LogP contribution in [0.5, 0.6) is 0 Å². The number of rotatable bonds is 2. The van der Waals surface area contributed by atoms with Crippen molar-refractivity contribution in [2.45, 2.75) is 0 Å². The predicted octanol–water partition coefficient (Wildman–Crippen LogP) is 1.84. The van der Waals surface area contributed by atoms with Gasteiger partial charge in [-0.2, -0.15) is 0 Å². The molecule has 0 fully saturated rings. The Morgan fingerprint density at radius 2 is 1.83 bits per heavy atom. The lowest BCUT2D eigenvalue weighted by molar-refractivity contribution is 0.203. The fraction of sp³-hybridized carbons (Fsp3) is 0.0833. The van der Waals surface area contributed by atoms with Crippen molar-refractivity contribution in [1.29, 1.82) is 0 Å². The van der Waals surface area contributed by atoms with E-state index in [1.807, 2.05) is 0 Å². The highest BCUT2D eigenvalue weighted by Crippen LogP contribution is 2.23. The van der Waals surface area contributed by atoms with Crippen LogP contribution in [-0.4, -0.2) is 28.2 Å². The van der Waals surface area contributed by atoms with Gasteiger partial charge in [0.25, 0.3) is 0 Å². The number of nitrogens with zero attached hydrogens (tertiary/aromatic N) is 3. The van der Waals surface area contributed by atoms with E-state index in [-0.39, 0.29) is 0 Å². The molecule has 0 aliphatic heterocycles. The number of nitrogen functional groups attached to an aromatic ring is 1. The van der Waals surface area contributed by atoms with Gasteiger partial charge < -0.3 is 10.8 Å². The molecule has 0 aromatic carbocycles. The number of anilines is 2. The molecule has 6 nitrogen and oxygen atoms in total. The van der Waals surface area contributed by atoms with E-state index in [9.17, 15) is 4.79 Å². The Hall–Kier alpha value is -2.63. The molecule has 2 aromatic heterocycles. The minimum absolute atomic E-state index is 0.357. The van der Waals surface area contributed by atoms with E-state index in [1.54, 1.807) is 36.7 Å². The van der Waals surface area contributed by atoms with Crippen LogP contribution in [-0.2, 0) is 0 Å². The Labute approximate surface area is 104 Å². The molecule has 2 heterocycles. The maximum atomic E-state index is 10.9. The topological polar surface area (TPSA) is 92.3 Å². The number of carboxylic acid groups (broad SMARTS) is 1. The summed E-state index contributed by atoms with van der Waals surface area (Å²) in [6.45, 7) is 0. The van der Waals surface area contributed by atoms with Crippen LogP contribution in [0.4, 0.5) is 16.4 Å². The Kier molecular flexibility index (Phi) is 3.09. The largest absolute Gasteiger partial charge is 0.465 e. The second-order valence-electron chi connectivity index (χ2n) is 3.71. The van der Waals surface area contributed by atoms with Crippen molar-refractivity contribution in [2.75, 3.05) is 17.7 Å². The Bertz CT molecular complexity index is 586. The first-order chi connectivity index (χ1) is 8.58. The van der Waals surface area contributed by atoms with Crippen LogP contribution in [0.2, 0.25) is 0 Å². The van der Waals surface area contributed by atoms with Crippen molar-refractivity contribution < 1.29 is 9.90 Å². The summed E-state index contributed by atoms with van der Waals surface area (Å²) < 4.78 is 0. The van der Waals surface area contributed by atoms with E-state index in [0.29, 0.717) is 11.6 Å². The number of pyridine rings is 2. The second kappa shape index (κ2) is 4.70. The van der Waals surface area contributed by atoms with Crippen molar-refractivity contribution in [3.8, 4) is 11.1 Å². The van der Waals surface area contributed by atoms with Crippen molar-refractivity contribution in [3.63, 3.8) is 0 Å². The lowest BCUT2D eigenvalue weighted by Crippen LogP contribution is -2.24. The van der Waals surface area contributed by atoms with Gasteiger partial charge in [0.1, 0.15) is 11.6 Å². The fourth-order valence-corrected chi connectivity index (χ4v) is 1.51. The van der Waals surface area contributed by atoms with Gasteiger partial charge in [0.15, 0.2) is 0 Å². The summed E-state index contributed by atoms with van der Waals surface area (Å²) in [5.74, 6) is 0.771. The molecule has 1 amide bonds. The molecule has 0 saturated carbocycles. The predicted molar refractivity (Wildman–Crippen MR) is 68.3 cm³/mol. The fourth-order valence-electron chi connectivity index (χ4n) is 1.51. The lowest BCUT2D eigenvalue weighted by atomic mass is 10.1. The van der Waals surface area contributed by atoms with Gasteiger partial charge in [-0.1, -0.05) is 0 Å². The Morgan fingerprint density at radius 3 is 2.44 bits per heavy atom. The van der Waals surface area contributed by atoms with E-state index in [2.05, 4.69) is 9.97 Å². The molecule has 0 spiro atoms. The van der Waals surface area contributed by atoms with Crippen molar-refractivity contribution >= 4 is 17.7 Å². The molecule has 6 heteroatoms. The summed E-state index contributed by atoms with van der Waals surface area (Å²) >= 11 is 0. The van der Waals surface area contributed by atoms with Crippen LogP contribution in [0.15, 0.2) is 36.7 Å². The number of carbonyl (C=O) groups is 1. The molecule has 0 unspecified atom stereocenters. The number of nitrogens with two attached hydrogens (primary N) is 1. The first-order valence-electron chi connectivity index (χ1n) is 5.22. The standard InChI is InChI=1S/C12H12N4O2/c1-16(12(17)18)11-7-9(3-5-15-11)8-2-4-14-10(13)6-8/h2-7H,1H3,(H2,13,14)(H,17,18). The molecule has 2 rings (SSSR count). The smallest absolute Gasteiger partial charge is 0.412 e. The lowest BCUT2D eigenvalue weighted by Gasteiger charge is -2.12. The third kappa shape index (κ3) is 2.37. The molecule has 92 valence electrons. The summed E-state index contributed by atoms with van der Waals surface area (Å²) in [5, 5.41) is 8.90. The van der Waals surface area contributed by atoms with Crippen LogP contribution < -0.4 is 10.6 Å². The van der Waals surface area contributed by atoms with E-state index in [4.69, 9.17) is 10.8 Å². The molecule has 18 heavy (non-hydrogen) atoms. The molecule has 0 atom stereocenters. The molecular weight excluding hydrogens is 232 g/mol. The molecule has 0 aliphatic carbocycles. The van der Waals surface area contributed by atoms with Crippen molar-refractivity contribution in [3.05, 3.63) is 36.7 Å². The molecule has 2 aromatic rings. The Morgan fingerprint density at radius 1 is 1.22 bits per heavy atom. The van der Waals surface area contributed by atoms with Crippen LogP contribution >= 0.6 is 0 Å². The molecule has 0 aliphatic rings. The number of aromatic nitrogens is 2. The third-order valence-electron chi connectivity index (χ3n) is 2.49. The maximum absolute atomic E-state index is 10.9. The average molecular weight is 244 g/mol. The highest BCUT2D eigenvalue weighted by molar-refractivity contribution is 5.85. The summed E-state index contributed by atoms with van der Waals surface area (Å²) in [7, 11) is 1.44. The number of amides is 1. The van der Waals surface area contributed by atoms with Crippen LogP contribution in [0.1, 0.15) is 0 Å². The average Bonchev–Trinajstić information content (AvgIpc) is 2.38. The molecular formula is C12H12N4O2. The number of hydrogen-bond acceptors (Lipinski definition) is 4. The third-order valence-corrected chi connectivity index (χ3v) is 2.49. The second-order valence-corrected chi connectivity index (χ2v) is 3.71. The zero-order chi connectivity index (χ0) is 13.1. The summed E-state index contributed by atoms with van der Waals surface area (Å²) in [4.78, 5) is 19.8. The van der Waals surface area contributed by atoms with Gasteiger partial charge in [-0.3, -0.25) is 4.90 Å². The minimum atomic E-state index is -1.06. The van der Waals surface area contributed by atoms with Crippen LogP contribution in [0.3, 0.4) is 0 Å². The SMILES string of the molecule is CN(C(=O)O)c1cc(-c2ccnc(N)c2)ccn1. The van der Waals surface area contributed by atoms with Crippen LogP contribution in [0, 0.1) is 0 Å². The van der Waals surface area contributed by atoms with Gasteiger partial charge in [-0.25, -0.2) is 14.8 Å². The first-order valence-corrected chi connectivity index (χ1v) is 5.22. The van der Waals surface area contributed by atoms with Gasteiger partial charge in [-0.05, 0) is 35.4 Å². The van der Waals surface area contributed by atoms with E-state index < -0.39 is 6.09 Å². The zero-order valence-electron chi connectivity index (χ0n) is 9.74. The Balaban J connectivity index is 2.41. The summed E-state index contributed by atoms with van der Waals surface area (Å²) in [5.41, 5.74) is 7.31. The monoisotopic (exact) mass is 244 g/mol. The molecule has 0 saturated heterocycles. The van der Waals surface area contributed by atoms with Gasteiger partial charge in [0.05, 0.1) is 0 Å².